The van der Waals surface area contributed by atoms with Crippen LogP contribution in [0.5, 0.6) is 0 Å². The van der Waals surface area contributed by atoms with E-state index < -0.39 is 20.7 Å². The number of thiazole rings is 1. The molecular formula is C21H28ClFN4O3S2. The summed E-state index contributed by atoms with van der Waals surface area (Å²) in [4.78, 5) is 5.80. The molecule has 176 valence electrons. The minimum absolute atomic E-state index is 0.0778. The number of piperidine rings is 1. The Morgan fingerprint density at radius 2 is 2.06 bits per heavy atom. The summed E-state index contributed by atoms with van der Waals surface area (Å²) in [5.41, 5.74) is 0.394. The lowest BCUT2D eigenvalue weighted by atomic mass is 9.86. The lowest BCUT2D eigenvalue weighted by Crippen LogP contribution is -2.52. The van der Waals surface area contributed by atoms with E-state index in [9.17, 15) is 17.9 Å². The van der Waals surface area contributed by atoms with Crippen molar-refractivity contribution in [3.8, 4) is 0 Å². The first-order chi connectivity index (χ1) is 15.4. The SMILES string of the molecule is O=S(=O)(Nc1nccs1)c1cc(Cl)c(N[C@H]2CCCC[C@@H]2N2CCC[C@H](CO)C2)cc1F. The standard InChI is InChI=1S/C21H28ClFN4O3S2/c22-15-10-20(32(29,30)26-21-24-7-9-31-21)16(23)11-18(15)25-17-5-1-2-6-19(17)27-8-3-4-14(12-27)13-28/h7,9-11,14,17,19,25,28H,1-6,8,12-13H2,(H,24,26)/t14-,17-,19-/m0/s1. The quantitative estimate of drug-likeness (QED) is 0.526. The Balaban J connectivity index is 1.52. The number of aromatic nitrogens is 1. The highest BCUT2D eigenvalue weighted by molar-refractivity contribution is 7.93. The summed E-state index contributed by atoms with van der Waals surface area (Å²) in [5.74, 6) is -0.575. The number of hydrogen-bond acceptors (Lipinski definition) is 7. The van der Waals surface area contributed by atoms with Crippen LogP contribution in [-0.4, -0.2) is 55.2 Å². The molecule has 1 aromatic carbocycles. The van der Waals surface area contributed by atoms with Gasteiger partial charge in [-0.15, -0.1) is 11.3 Å². The van der Waals surface area contributed by atoms with Gasteiger partial charge in [0.25, 0.3) is 10.0 Å². The van der Waals surface area contributed by atoms with Crippen molar-refractivity contribution in [2.24, 2.45) is 5.92 Å². The first-order valence-corrected chi connectivity index (χ1v) is 13.6. The summed E-state index contributed by atoms with van der Waals surface area (Å²) in [6.07, 6.45) is 7.71. The lowest BCUT2D eigenvalue weighted by molar-refractivity contribution is 0.0668. The second-order valence-electron chi connectivity index (χ2n) is 8.49. The fraction of sp³-hybridized carbons (Fsp3) is 0.571. The Labute approximate surface area is 197 Å². The normalized spacial score (nSPS) is 24.9. The Kier molecular flexibility index (Phi) is 7.56. The van der Waals surface area contributed by atoms with Crippen LogP contribution in [0.4, 0.5) is 15.2 Å². The largest absolute Gasteiger partial charge is 0.396 e. The third kappa shape index (κ3) is 5.36. The average molecular weight is 503 g/mol. The summed E-state index contributed by atoms with van der Waals surface area (Å²) in [6.45, 7) is 2.05. The van der Waals surface area contributed by atoms with Crippen LogP contribution in [0.15, 0.2) is 28.6 Å². The molecule has 0 spiro atoms. The highest BCUT2D eigenvalue weighted by Gasteiger charge is 2.33. The smallest absolute Gasteiger partial charge is 0.266 e. The summed E-state index contributed by atoms with van der Waals surface area (Å²) in [6, 6.07) is 2.66. The number of anilines is 2. The Bertz CT molecular complexity index is 1020. The van der Waals surface area contributed by atoms with Gasteiger partial charge in [0.15, 0.2) is 5.13 Å². The molecule has 2 heterocycles. The third-order valence-electron chi connectivity index (χ3n) is 6.31. The second-order valence-corrected chi connectivity index (χ2v) is 11.4. The van der Waals surface area contributed by atoms with Crippen molar-refractivity contribution in [1.29, 1.82) is 0 Å². The van der Waals surface area contributed by atoms with Crippen LogP contribution in [-0.2, 0) is 10.0 Å². The molecule has 2 aromatic rings. The zero-order valence-corrected chi connectivity index (χ0v) is 20.0. The van der Waals surface area contributed by atoms with E-state index in [1.165, 1.54) is 6.20 Å². The summed E-state index contributed by atoms with van der Waals surface area (Å²) < 4.78 is 42.4. The molecule has 0 radical (unpaired) electrons. The van der Waals surface area contributed by atoms with E-state index >= 15 is 0 Å². The van der Waals surface area contributed by atoms with Crippen LogP contribution in [0, 0.1) is 11.7 Å². The molecule has 0 unspecified atom stereocenters. The van der Waals surface area contributed by atoms with Crippen LogP contribution in [0.25, 0.3) is 0 Å². The van der Waals surface area contributed by atoms with E-state index in [-0.39, 0.29) is 28.8 Å². The van der Waals surface area contributed by atoms with E-state index in [2.05, 4.69) is 19.9 Å². The number of nitrogens with one attached hydrogen (secondary N) is 2. The second kappa shape index (κ2) is 10.2. The molecule has 1 aliphatic carbocycles. The molecule has 7 nitrogen and oxygen atoms in total. The molecular weight excluding hydrogens is 475 g/mol. The fourth-order valence-corrected chi connectivity index (χ4v) is 6.91. The van der Waals surface area contributed by atoms with Gasteiger partial charge in [-0.3, -0.25) is 9.62 Å². The van der Waals surface area contributed by atoms with Gasteiger partial charge in [0.1, 0.15) is 10.7 Å². The van der Waals surface area contributed by atoms with E-state index in [4.69, 9.17) is 11.6 Å². The first kappa shape index (κ1) is 23.7. The van der Waals surface area contributed by atoms with Gasteiger partial charge in [-0.2, -0.15) is 0 Å². The number of aliphatic hydroxyl groups is 1. The molecule has 3 atom stereocenters. The molecule has 1 saturated carbocycles. The zero-order valence-electron chi connectivity index (χ0n) is 17.6. The molecule has 1 aromatic heterocycles. The molecule has 3 N–H and O–H groups in total. The number of halogens is 2. The molecule has 32 heavy (non-hydrogen) atoms. The molecule has 2 aliphatic rings. The number of sulfonamides is 1. The maximum absolute atomic E-state index is 14.9. The van der Waals surface area contributed by atoms with Crippen molar-refractivity contribution < 1.29 is 17.9 Å². The molecule has 1 saturated heterocycles. The molecule has 2 fully saturated rings. The first-order valence-electron chi connectivity index (χ1n) is 10.9. The van der Waals surface area contributed by atoms with E-state index in [1.807, 2.05) is 0 Å². The van der Waals surface area contributed by atoms with Gasteiger partial charge >= 0.3 is 0 Å². The predicted molar refractivity (Wildman–Crippen MR) is 125 cm³/mol. The fourth-order valence-electron chi connectivity index (χ4n) is 4.75. The highest BCUT2D eigenvalue weighted by Crippen LogP contribution is 2.34. The van der Waals surface area contributed by atoms with E-state index in [1.54, 1.807) is 5.38 Å². The number of hydrogen-bond donors (Lipinski definition) is 3. The van der Waals surface area contributed by atoms with Crippen LogP contribution >= 0.6 is 22.9 Å². The van der Waals surface area contributed by atoms with Gasteiger partial charge in [0, 0.05) is 36.8 Å². The monoisotopic (exact) mass is 502 g/mol. The summed E-state index contributed by atoms with van der Waals surface area (Å²) in [5, 5.41) is 14.9. The number of aliphatic hydroxyl groups excluding tert-OH is 1. The highest BCUT2D eigenvalue weighted by atomic mass is 35.5. The van der Waals surface area contributed by atoms with E-state index in [0.717, 1.165) is 75.1 Å². The van der Waals surface area contributed by atoms with Crippen LogP contribution in [0.2, 0.25) is 5.02 Å². The van der Waals surface area contributed by atoms with Crippen molar-refractivity contribution in [3.63, 3.8) is 0 Å². The van der Waals surface area contributed by atoms with E-state index in [0.29, 0.717) is 11.6 Å². The maximum atomic E-state index is 14.9. The van der Waals surface area contributed by atoms with Crippen molar-refractivity contribution in [1.82, 2.24) is 9.88 Å². The topological polar surface area (TPSA) is 94.6 Å². The number of rotatable bonds is 7. The van der Waals surface area contributed by atoms with Crippen LogP contribution < -0.4 is 10.0 Å². The Morgan fingerprint density at radius 3 is 2.81 bits per heavy atom. The van der Waals surface area contributed by atoms with Crippen molar-refractivity contribution in [2.45, 2.75) is 55.5 Å². The van der Waals surface area contributed by atoms with Crippen LogP contribution in [0.3, 0.4) is 0 Å². The molecule has 0 amide bonds. The maximum Gasteiger partial charge on any atom is 0.266 e. The summed E-state index contributed by atoms with van der Waals surface area (Å²) in [7, 11) is -4.14. The number of benzene rings is 1. The van der Waals surface area contributed by atoms with Crippen molar-refractivity contribution in [3.05, 3.63) is 34.5 Å². The number of nitrogens with zero attached hydrogens (tertiary/aromatic N) is 2. The molecule has 4 rings (SSSR count). The Hall–Kier alpha value is -1.46. The van der Waals surface area contributed by atoms with Gasteiger partial charge in [-0.1, -0.05) is 24.4 Å². The average Bonchev–Trinajstić information content (AvgIpc) is 3.28. The minimum atomic E-state index is -4.14. The molecule has 0 bridgehead atoms. The molecule has 1 aliphatic heterocycles. The predicted octanol–water partition coefficient (Wildman–Crippen LogP) is 4.16. The van der Waals surface area contributed by atoms with Crippen molar-refractivity contribution in [2.75, 3.05) is 29.7 Å². The third-order valence-corrected chi connectivity index (χ3v) is 8.80. The number of likely N-dealkylation sites (tertiary alicyclic amines) is 1. The van der Waals surface area contributed by atoms with Gasteiger partial charge in [-0.25, -0.2) is 17.8 Å². The molecule has 11 heteroatoms. The minimum Gasteiger partial charge on any atom is -0.396 e. The van der Waals surface area contributed by atoms with Gasteiger partial charge in [0.2, 0.25) is 0 Å². The Morgan fingerprint density at radius 1 is 1.25 bits per heavy atom. The van der Waals surface area contributed by atoms with Gasteiger partial charge in [0.05, 0.1) is 10.7 Å². The van der Waals surface area contributed by atoms with Gasteiger partial charge < -0.3 is 10.4 Å². The van der Waals surface area contributed by atoms with Crippen LogP contribution in [0.1, 0.15) is 38.5 Å². The van der Waals surface area contributed by atoms with Gasteiger partial charge in [-0.05, 0) is 50.3 Å². The zero-order chi connectivity index (χ0) is 22.7. The lowest BCUT2D eigenvalue weighted by Gasteiger charge is -2.44. The summed E-state index contributed by atoms with van der Waals surface area (Å²) >= 11 is 7.51. The van der Waals surface area contributed by atoms with Crippen molar-refractivity contribution >= 4 is 43.8 Å².